The Kier molecular flexibility index (Phi) is 6.88. The summed E-state index contributed by atoms with van der Waals surface area (Å²) in [4.78, 5) is 23.4. The molecule has 2 fully saturated rings. The van der Waals surface area contributed by atoms with Crippen molar-refractivity contribution in [3.63, 3.8) is 0 Å². The number of nitrogens with one attached hydrogen (secondary N) is 1. The van der Waals surface area contributed by atoms with Crippen molar-refractivity contribution in [3.8, 4) is 0 Å². The zero-order chi connectivity index (χ0) is 24.7. The van der Waals surface area contributed by atoms with Crippen LogP contribution in [-0.4, -0.2) is 64.2 Å². The SMILES string of the molecule is Cc1cc(Br)ccc[nH]c2c1CC1C(=O)N(C(C)C)C(=S)N1C2c1ccc(N2CCOCC2)cc1. The number of aromatic amines is 1. The number of aryl methyl sites for hydroxylation is 1. The molecule has 2 saturated heterocycles. The van der Waals surface area contributed by atoms with Gasteiger partial charge >= 0.3 is 0 Å². The van der Waals surface area contributed by atoms with Crippen LogP contribution in [0.3, 0.4) is 0 Å². The van der Waals surface area contributed by atoms with E-state index in [1.165, 1.54) is 5.69 Å². The Balaban J connectivity index is 1.66. The van der Waals surface area contributed by atoms with Crippen LogP contribution in [0.25, 0.3) is 0 Å². The van der Waals surface area contributed by atoms with E-state index in [9.17, 15) is 4.79 Å². The molecule has 0 radical (unpaired) electrons. The molecule has 6 nitrogen and oxygen atoms in total. The molecule has 3 aliphatic rings. The highest BCUT2D eigenvalue weighted by molar-refractivity contribution is 9.10. The lowest BCUT2D eigenvalue weighted by Crippen LogP contribution is -2.44. The number of H-pyrrole nitrogens is 1. The number of amides is 1. The summed E-state index contributed by atoms with van der Waals surface area (Å²) in [6.45, 7) is 9.46. The number of aromatic nitrogens is 1. The van der Waals surface area contributed by atoms with Crippen molar-refractivity contribution in [2.75, 3.05) is 31.2 Å². The standard InChI is InChI=1S/C27H31BrN4O2S/c1-17(2)31-26(33)23-16-22-18(3)15-20(28)5-4-10-29-24(22)25(32(23)27(31)35)19-6-8-21(9-7-19)30-11-13-34-14-12-30/h4-10,15,17,23,25,29H,11-14,16H2,1-3H3. The van der Waals surface area contributed by atoms with Crippen LogP contribution in [0.4, 0.5) is 5.69 Å². The van der Waals surface area contributed by atoms with Crippen LogP contribution in [0, 0.1) is 6.92 Å². The lowest BCUT2D eigenvalue weighted by atomic mass is 9.87. The first-order valence-electron chi connectivity index (χ1n) is 12.2. The topological polar surface area (TPSA) is 51.8 Å². The van der Waals surface area contributed by atoms with Gasteiger partial charge in [-0.05, 0) is 80.0 Å². The maximum absolute atomic E-state index is 13.6. The third-order valence-electron chi connectivity index (χ3n) is 7.08. The van der Waals surface area contributed by atoms with E-state index in [-0.39, 0.29) is 24.0 Å². The van der Waals surface area contributed by atoms with E-state index in [1.807, 2.05) is 32.2 Å². The van der Waals surface area contributed by atoms with Gasteiger partial charge in [-0.15, -0.1) is 0 Å². The Hall–Kier alpha value is -2.42. The smallest absolute Gasteiger partial charge is 0.252 e. The van der Waals surface area contributed by atoms with Crippen LogP contribution in [0.15, 0.2) is 53.1 Å². The van der Waals surface area contributed by atoms with Gasteiger partial charge < -0.3 is 19.5 Å². The van der Waals surface area contributed by atoms with Crippen molar-refractivity contribution < 1.29 is 9.53 Å². The number of fused-ring (bicyclic) bond motifs is 2. The molecule has 4 heterocycles. The highest BCUT2D eigenvalue weighted by Gasteiger charge is 2.50. The monoisotopic (exact) mass is 554 g/mol. The summed E-state index contributed by atoms with van der Waals surface area (Å²) in [6.07, 6.45) is 2.57. The highest BCUT2D eigenvalue weighted by Crippen LogP contribution is 2.42. The Morgan fingerprint density at radius 1 is 1.14 bits per heavy atom. The number of rotatable bonds is 3. The minimum atomic E-state index is -0.315. The summed E-state index contributed by atoms with van der Waals surface area (Å²) < 4.78 is 6.51. The second-order valence-corrected chi connectivity index (χ2v) is 10.9. The van der Waals surface area contributed by atoms with Gasteiger partial charge in [-0.3, -0.25) is 9.69 Å². The predicted molar refractivity (Wildman–Crippen MR) is 146 cm³/mol. The molecule has 2 atom stereocenters. The number of benzene rings is 1. The van der Waals surface area contributed by atoms with E-state index in [1.54, 1.807) is 4.90 Å². The van der Waals surface area contributed by atoms with Gasteiger partial charge in [0.25, 0.3) is 5.91 Å². The van der Waals surface area contributed by atoms with Gasteiger partial charge in [0.15, 0.2) is 5.11 Å². The van der Waals surface area contributed by atoms with E-state index in [4.69, 9.17) is 17.0 Å². The molecule has 1 aromatic carbocycles. The Morgan fingerprint density at radius 2 is 1.86 bits per heavy atom. The fourth-order valence-corrected chi connectivity index (χ4v) is 6.40. The van der Waals surface area contributed by atoms with Crippen LogP contribution in [0.2, 0.25) is 0 Å². The average molecular weight is 556 g/mol. The third kappa shape index (κ3) is 4.47. The highest BCUT2D eigenvalue weighted by atomic mass is 79.9. The van der Waals surface area contributed by atoms with Crippen LogP contribution in [-0.2, 0) is 16.0 Å². The second-order valence-electron chi connectivity index (χ2n) is 9.58. The summed E-state index contributed by atoms with van der Waals surface area (Å²) in [6, 6.07) is 14.3. The fourth-order valence-electron chi connectivity index (χ4n) is 5.37. The number of halogens is 1. The molecule has 1 amide bonds. The van der Waals surface area contributed by atoms with Gasteiger partial charge in [0.1, 0.15) is 6.04 Å². The zero-order valence-electron chi connectivity index (χ0n) is 20.3. The zero-order valence-corrected chi connectivity index (χ0v) is 22.7. The summed E-state index contributed by atoms with van der Waals surface area (Å²) in [5.74, 6) is 0.0873. The lowest BCUT2D eigenvalue weighted by Gasteiger charge is -2.39. The van der Waals surface area contributed by atoms with Gasteiger partial charge in [-0.2, -0.15) is 0 Å². The minimum Gasteiger partial charge on any atom is -0.378 e. The molecule has 1 N–H and O–H groups in total. The Bertz CT molecular complexity index is 1190. The first-order valence-corrected chi connectivity index (χ1v) is 13.4. The fraction of sp³-hybridized carbons (Fsp3) is 0.407. The van der Waals surface area contributed by atoms with Crippen LogP contribution in [0.5, 0.6) is 0 Å². The quantitative estimate of drug-likeness (QED) is 0.547. The summed E-state index contributed by atoms with van der Waals surface area (Å²) >= 11 is 9.57. The maximum Gasteiger partial charge on any atom is 0.252 e. The summed E-state index contributed by atoms with van der Waals surface area (Å²) in [7, 11) is 0. The molecule has 35 heavy (non-hydrogen) atoms. The number of hydrogen-bond acceptors (Lipinski definition) is 4. The van der Waals surface area contributed by atoms with Gasteiger partial charge in [0, 0.05) is 47.6 Å². The third-order valence-corrected chi connectivity index (χ3v) is 7.98. The largest absolute Gasteiger partial charge is 0.378 e. The van der Waals surface area contributed by atoms with Crippen LogP contribution in [0.1, 0.15) is 42.3 Å². The number of ether oxygens (including phenoxy) is 1. The molecule has 0 saturated carbocycles. The normalized spacial score (nSPS) is 21.8. The van der Waals surface area contributed by atoms with Crippen molar-refractivity contribution >= 4 is 44.9 Å². The lowest BCUT2D eigenvalue weighted by molar-refractivity contribution is -0.129. The minimum absolute atomic E-state index is 0.0114. The first kappa shape index (κ1) is 24.3. The molecular weight excluding hydrogens is 524 g/mol. The van der Waals surface area contributed by atoms with Crippen molar-refractivity contribution in [2.45, 2.75) is 45.3 Å². The van der Waals surface area contributed by atoms with Crippen molar-refractivity contribution in [2.24, 2.45) is 0 Å². The van der Waals surface area contributed by atoms with Crippen molar-refractivity contribution in [1.29, 1.82) is 0 Å². The van der Waals surface area contributed by atoms with Gasteiger partial charge in [0.05, 0.1) is 19.3 Å². The Labute approximate surface area is 220 Å². The number of anilines is 1. The Morgan fingerprint density at radius 3 is 2.54 bits per heavy atom. The number of carbonyl (C=O) groups is 1. The molecule has 0 spiro atoms. The molecule has 5 rings (SSSR count). The summed E-state index contributed by atoms with van der Waals surface area (Å²) in [5.41, 5.74) is 5.67. The molecule has 2 unspecified atom stereocenters. The van der Waals surface area contributed by atoms with Crippen LogP contribution < -0.4 is 4.90 Å². The number of thiocarbonyl (C=S) groups is 1. The molecule has 8 heteroatoms. The van der Waals surface area contributed by atoms with Gasteiger partial charge in [-0.1, -0.05) is 28.1 Å². The molecule has 3 aliphatic heterocycles. The maximum atomic E-state index is 13.6. The first-order chi connectivity index (χ1) is 16.9. The van der Waals surface area contributed by atoms with E-state index in [0.29, 0.717) is 11.5 Å². The number of morpholine rings is 1. The predicted octanol–water partition coefficient (Wildman–Crippen LogP) is 4.90. The van der Waals surface area contributed by atoms with E-state index in [2.05, 4.69) is 68.0 Å². The second kappa shape index (κ2) is 9.91. The molecule has 184 valence electrons. The van der Waals surface area contributed by atoms with E-state index < -0.39 is 0 Å². The van der Waals surface area contributed by atoms with Crippen molar-refractivity contribution in [1.82, 2.24) is 14.8 Å². The molecule has 2 aromatic rings. The number of carbonyl (C=O) groups excluding carboxylic acids is 1. The molecule has 0 aliphatic carbocycles. The molecule has 1 aromatic heterocycles. The van der Waals surface area contributed by atoms with E-state index >= 15 is 0 Å². The van der Waals surface area contributed by atoms with Crippen molar-refractivity contribution in [3.05, 3.63) is 75.5 Å². The van der Waals surface area contributed by atoms with E-state index in [0.717, 1.165) is 53.2 Å². The molecular formula is C27H31BrN4O2S. The summed E-state index contributed by atoms with van der Waals surface area (Å²) in [5, 5.41) is 0.607. The van der Waals surface area contributed by atoms with Crippen LogP contribution >= 0.6 is 28.1 Å². The number of nitrogens with zero attached hydrogens (tertiary/aromatic N) is 3. The number of hydrogen-bond donors (Lipinski definition) is 1. The molecule has 0 bridgehead atoms. The van der Waals surface area contributed by atoms with Gasteiger partial charge in [0.2, 0.25) is 0 Å². The van der Waals surface area contributed by atoms with Gasteiger partial charge in [-0.25, -0.2) is 0 Å². The average Bonchev–Trinajstić information content (AvgIpc) is 3.14.